The summed E-state index contributed by atoms with van der Waals surface area (Å²) in [7, 11) is 0. The van der Waals surface area contributed by atoms with Crippen LogP contribution in [0.2, 0.25) is 0 Å². The first kappa shape index (κ1) is 21.2. The third kappa shape index (κ3) is 6.23. The molecule has 29 heavy (non-hydrogen) atoms. The second kappa shape index (κ2) is 10.9. The van der Waals surface area contributed by atoms with E-state index >= 15 is 0 Å². The maximum atomic E-state index is 12.5. The Balaban J connectivity index is 1.47. The van der Waals surface area contributed by atoms with Gasteiger partial charge in [-0.1, -0.05) is 43.7 Å². The number of nitrogens with zero attached hydrogens (tertiary/aromatic N) is 1. The van der Waals surface area contributed by atoms with Gasteiger partial charge in [0.2, 0.25) is 0 Å². The van der Waals surface area contributed by atoms with Crippen LogP contribution in [-0.4, -0.2) is 41.6 Å². The molecule has 3 rings (SSSR count). The first-order valence-electron chi connectivity index (χ1n) is 10.8. The number of piperidine rings is 1. The van der Waals surface area contributed by atoms with Crippen LogP contribution >= 0.6 is 0 Å². The van der Waals surface area contributed by atoms with Crippen molar-refractivity contribution < 1.29 is 9.90 Å². The number of amides is 1. The van der Waals surface area contributed by atoms with Crippen molar-refractivity contribution in [3.8, 4) is 5.75 Å². The van der Waals surface area contributed by atoms with E-state index < -0.39 is 0 Å². The average molecular weight is 396 g/mol. The number of hydrogen-bond acceptors (Lipinski definition) is 4. The summed E-state index contributed by atoms with van der Waals surface area (Å²) in [6.07, 6.45) is 6.09. The zero-order valence-electron chi connectivity index (χ0n) is 17.4. The monoisotopic (exact) mass is 395 g/mol. The predicted molar refractivity (Wildman–Crippen MR) is 118 cm³/mol. The highest BCUT2D eigenvalue weighted by Crippen LogP contribution is 2.25. The molecule has 0 aliphatic carbocycles. The number of likely N-dealkylation sites (tertiary alicyclic amines) is 1. The molecular formula is C24H33N3O2. The summed E-state index contributed by atoms with van der Waals surface area (Å²) in [6.45, 7) is 5.74. The normalized spacial score (nSPS) is 17.1. The van der Waals surface area contributed by atoms with Crippen molar-refractivity contribution >= 4 is 11.6 Å². The largest absolute Gasteiger partial charge is 0.506 e. The van der Waals surface area contributed by atoms with Gasteiger partial charge in [0, 0.05) is 31.2 Å². The van der Waals surface area contributed by atoms with Crippen LogP contribution in [0.1, 0.15) is 54.9 Å². The second-order valence-corrected chi connectivity index (χ2v) is 7.77. The summed E-state index contributed by atoms with van der Waals surface area (Å²) in [5.74, 6) is 0.0478. The molecule has 0 bridgehead atoms. The molecule has 3 N–H and O–H groups in total. The SMILES string of the molecule is CCC1CCCCN1CCCNC(=O)c1ccc(O)c(NCc2ccccc2)c1. The van der Waals surface area contributed by atoms with E-state index in [-0.39, 0.29) is 11.7 Å². The zero-order chi connectivity index (χ0) is 20.5. The molecule has 0 saturated carbocycles. The number of anilines is 1. The van der Waals surface area contributed by atoms with Crippen LogP contribution in [-0.2, 0) is 6.54 Å². The van der Waals surface area contributed by atoms with E-state index in [4.69, 9.17) is 0 Å². The second-order valence-electron chi connectivity index (χ2n) is 7.77. The number of phenolic OH excluding ortho intramolecular Hbond substituents is 1. The highest BCUT2D eigenvalue weighted by Gasteiger charge is 2.20. The fourth-order valence-electron chi connectivity index (χ4n) is 4.01. The number of nitrogens with one attached hydrogen (secondary N) is 2. The van der Waals surface area contributed by atoms with E-state index in [9.17, 15) is 9.90 Å². The summed E-state index contributed by atoms with van der Waals surface area (Å²) in [5.41, 5.74) is 2.24. The average Bonchev–Trinajstić information content (AvgIpc) is 2.77. The molecule has 0 aromatic heterocycles. The summed E-state index contributed by atoms with van der Waals surface area (Å²) >= 11 is 0. The van der Waals surface area contributed by atoms with Crippen molar-refractivity contribution in [3.05, 3.63) is 59.7 Å². The Labute approximate surface area is 174 Å². The number of benzene rings is 2. The lowest BCUT2D eigenvalue weighted by Gasteiger charge is -2.35. The molecule has 2 aromatic carbocycles. The van der Waals surface area contributed by atoms with Gasteiger partial charge in [-0.3, -0.25) is 4.79 Å². The summed E-state index contributed by atoms with van der Waals surface area (Å²) in [5, 5.41) is 16.3. The van der Waals surface area contributed by atoms with Crippen molar-refractivity contribution in [3.63, 3.8) is 0 Å². The van der Waals surface area contributed by atoms with E-state index in [0.29, 0.717) is 30.4 Å². The number of carbonyl (C=O) groups is 1. The Morgan fingerprint density at radius 1 is 1.17 bits per heavy atom. The third-order valence-electron chi connectivity index (χ3n) is 5.71. The van der Waals surface area contributed by atoms with Crippen LogP contribution in [0.5, 0.6) is 5.75 Å². The maximum Gasteiger partial charge on any atom is 0.251 e. The van der Waals surface area contributed by atoms with Gasteiger partial charge in [0.25, 0.3) is 5.91 Å². The maximum absolute atomic E-state index is 12.5. The molecule has 2 aromatic rings. The number of carbonyl (C=O) groups excluding carboxylic acids is 1. The fraction of sp³-hybridized carbons (Fsp3) is 0.458. The first-order chi connectivity index (χ1) is 14.2. The Morgan fingerprint density at radius 3 is 2.79 bits per heavy atom. The molecule has 1 fully saturated rings. The van der Waals surface area contributed by atoms with Crippen LogP contribution in [0.4, 0.5) is 5.69 Å². The van der Waals surface area contributed by atoms with Gasteiger partial charge in [0.15, 0.2) is 0 Å². The molecule has 1 atom stereocenters. The van der Waals surface area contributed by atoms with Crippen LogP contribution in [0.3, 0.4) is 0 Å². The molecule has 1 heterocycles. The van der Waals surface area contributed by atoms with Gasteiger partial charge in [0.05, 0.1) is 5.69 Å². The summed E-state index contributed by atoms with van der Waals surface area (Å²) < 4.78 is 0. The van der Waals surface area contributed by atoms with Gasteiger partial charge in [-0.25, -0.2) is 0 Å². The van der Waals surface area contributed by atoms with Gasteiger partial charge in [-0.15, -0.1) is 0 Å². The molecule has 5 nitrogen and oxygen atoms in total. The van der Waals surface area contributed by atoms with Crippen LogP contribution in [0.25, 0.3) is 0 Å². The molecule has 1 amide bonds. The van der Waals surface area contributed by atoms with E-state index in [2.05, 4.69) is 22.5 Å². The van der Waals surface area contributed by atoms with Gasteiger partial charge in [-0.05, 0) is 56.0 Å². The van der Waals surface area contributed by atoms with E-state index in [1.807, 2.05) is 30.3 Å². The molecule has 5 heteroatoms. The molecule has 0 spiro atoms. The van der Waals surface area contributed by atoms with Crippen molar-refractivity contribution in [2.45, 2.75) is 51.6 Å². The number of hydrogen-bond donors (Lipinski definition) is 3. The summed E-state index contributed by atoms with van der Waals surface area (Å²) in [4.78, 5) is 15.1. The zero-order valence-corrected chi connectivity index (χ0v) is 17.4. The molecule has 1 aliphatic rings. The minimum atomic E-state index is -0.0987. The standard InChI is InChI=1S/C24H33N3O2/c1-2-21-11-6-7-15-27(21)16-8-14-25-24(29)20-12-13-23(28)22(17-20)26-18-19-9-4-3-5-10-19/h3-5,9-10,12-13,17,21,26,28H,2,6-8,11,14-16,18H2,1H3,(H,25,29). The minimum Gasteiger partial charge on any atom is -0.506 e. The quantitative estimate of drug-likeness (QED) is 0.435. The van der Waals surface area contributed by atoms with E-state index in [1.165, 1.54) is 32.2 Å². The third-order valence-corrected chi connectivity index (χ3v) is 5.71. The van der Waals surface area contributed by atoms with Gasteiger partial charge >= 0.3 is 0 Å². The summed E-state index contributed by atoms with van der Waals surface area (Å²) in [6, 6.07) is 15.6. The highest BCUT2D eigenvalue weighted by atomic mass is 16.3. The molecule has 1 saturated heterocycles. The lowest BCUT2D eigenvalue weighted by Crippen LogP contribution is -2.40. The van der Waals surface area contributed by atoms with Crippen LogP contribution < -0.4 is 10.6 Å². The smallest absolute Gasteiger partial charge is 0.251 e. The van der Waals surface area contributed by atoms with Crippen LogP contribution in [0.15, 0.2) is 48.5 Å². The Hall–Kier alpha value is -2.53. The molecular weight excluding hydrogens is 362 g/mol. The lowest BCUT2D eigenvalue weighted by molar-refractivity contribution is 0.0947. The molecule has 0 radical (unpaired) electrons. The number of phenols is 1. The minimum absolute atomic E-state index is 0.0987. The Bertz CT molecular complexity index is 779. The van der Waals surface area contributed by atoms with Gasteiger partial charge in [-0.2, -0.15) is 0 Å². The van der Waals surface area contributed by atoms with Crippen molar-refractivity contribution in [2.24, 2.45) is 0 Å². The van der Waals surface area contributed by atoms with Crippen LogP contribution in [0, 0.1) is 0 Å². The molecule has 1 aliphatic heterocycles. The Kier molecular flexibility index (Phi) is 7.94. The first-order valence-corrected chi connectivity index (χ1v) is 10.8. The highest BCUT2D eigenvalue weighted by molar-refractivity contribution is 5.95. The topological polar surface area (TPSA) is 64.6 Å². The Morgan fingerprint density at radius 2 is 2.00 bits per heavy atom. The fourth-order valence-corrected chi connectivity index (χ4v) is 4.01. The van der Waals surface area contributed by atoms with Gasteiger partial charge < -0.3 is 20.6 Å². The predicted octanol–water partition coefficient (Wildman–Crippen LogP) is 4.39. The number of aromatic hydroxyl groups is 1. The van der Waals surface area contributed by atoms with Gasteiger partial charge in [0.1, 0.15) is 5.75 Å². The van der Waals surface area contributed by atoms with Crippen molar-refractivity contribution in [2.75, 3.05) is 25.0 Å². The molecule has 156 valence electrons. The lowest BCUT2D eigenvalue weighted by atomic mass is 10.00. The number of rotatable bonds is 9. The van der Waals surface area contributed by atoms with E-state index in [1.54, 1.807) is 18.2 Å². The van der Waals surface area contributed by atoms with Crippen molar-refractivity contribution in [1.82, 2.24) is 10.2 Å². The van der Waals surface area contributed by atoms with E-state index in [0.717, 1.165) is 18.5 Å². The molecule has 1 unspecified atom stereocenters. The van der Waals surface area contributed by atoms with Crippen molar-refractivity contribution in [1.29, 1.82) is 0 Å².